The molecule has 104 valence electrons. The van der Waals surface area contributed by atoms with Crippen LogP contribution in [0.15, 0.2) is 24.3 Å². The fraction of sp³-hybridized carbons (Fsp3) is 0.467. The Bertz CT molecular complexity index is 472. The van der Waals surface area contributed by atoms with Gasteiger partial charge in [-0.1, -0.05) is 25.4 Å². The van der Waals surface area contributed by atoms with E-state index in [0.29, 0.717) is 10.6 Å². The number of hydrogen-bond donors (Lipinski definition) is 0. The van der Waals surface area contributed by atoms with Crippen LogP contribution in [0.5, 0.6) is 0 Å². The number of benzene rings is 1. The first-order valence-electron chi connectivity index (χ1n) is 6.28. The minimum atomic E-state index is -0.557. The number of amides is 2. The van der Waals surface area contributed by atoms with E-state index in [-0.39, 0.29) is 17.7 Å². The van der Waals surface area contributed by atoms with Crippen LogP contribution in [0.2, 0.25) is 5.02 Å². The molecule has 4 heteroatoms. The second-order valence-corrected chi connectivity index (χ2v) is 6.25. The number of imide groups is 1. The SMILES string of the molecule is CC(C)C(=O)N(C(=O)c1ccc(Cl)cc1)C(C)(C)C. The molecule has 1 aromatic rings. The molecule has 1 rings (SSSR count). The molecule has 1 aromatic carbocycles. The molecule has 0 unspecified atom stereocenters. The summed E-state index contributed by atoms with van der Waals surface area (Å²) in [6.45, 7) is 9.12. The lowest BCUT2D eigenvalue weighted by atomic mass is 10.0. The van der Waals surface area contributed by atoms with E-state index in [1.807, 2.05) is 20.8 Å². The molecule has 0 aliphatic heterocycles. The summed E-state index contributed by atoms with van der Waals surface area (Å²) >= 11 is 5.81. The molecule has 2 amide bonds. The third kappa shape index (κ3) is 3.80. The maximum atomic E-state index is 12.5. The van der Waals surface area contributed by atoms with Crippen LogP contribution >= 0.6 is 11.6 Å². The standard InChI is InChI=1S/C15H20ClNO2/c1-10(2)13(18)17(15(3,4)5)14(19)11-6-8-12(16)9-7-11/h6-10H,1-5H3. The van der Waals surface area contributed by atoms with E-state index < -0.39 is 5.54 Å². The zero-order chi connectivity index (χ0) is 14.8. The molecular formula is C15H20ClNO2. The van der Waals surface area contributed by atoms with Crippen LogP contribution in [0.1, 0.15) is 45.0 Å². The summed E-state index contributed by atoms with van der Waals surface area (Å²) in [6.07, 6.45) is 0. The van der Waals surface area contributed by atoms with Crippen LogP contribution in [0.3, 0.4) is 0 Å². The summed E-state index contributed by atoms with van der Waals surface area (Å²) in [4.78, 5) is 26.1. The van der Waals surface area contributed by atoms with Gasteiger partial charge in [-0.05, 0) is 45.0 Å². The van der Waals surface area contributed by atoms with E-state index in [0.717, 1.165) is 0 Å². The molecule has 0 saturated heterocycles. The summed E-state index contributed by atoms with van der Waals surface area (Å²) in [5.41, 5.74) is -0.0914. The van der Waals surface area contributed by atoms with Gasteiger partial charge in [-0.3, -0.25) is 14.5 Å². The summed E-state index contributed by atoms with van der Waals surface area (Å²) in [5, 5.41) is 0.564. The van der Waals surface area contributed by atoms with Gasteiger partial charge in [0, 0.05) is 22.0 Å². The highest BCUT2D eigenvalue weighted by molar-refractivity contribution is 6.30. The predicted molar refractivity (Wildman–Crippen MR) is 77.2 cm³/mol. The second kappa shape index (κ2) is 5.74. The van der Waals surface area contributed by atoms with Crippen molar-refractivity contribution in [2.75, 3.05) is 0 Å². The van der Waals surface area contributed by atoms with Gasteiger partial charge in [0.05, 0.1) is 0 Å². The monoisotopic (exact) mass is 281 g/mol. The van der Waals surface area contributed by atoms with Crippen LogP contribution < -0.4 is 0 Å². The number of rotatable bonds is 2. The first-order valence-corrected chi connectivity index (χ1v) is 6.66. The topological polar surface area (TPSA) is 37.4 Å². The predicted octanol–water partition coefficient (Wildman–Crippen LogP) is 3.76. The lowest BCUT2D eigenvalue weighted by Crippen LogP contribution is -2.51. The van der Waals surface area contributed by atoms with Gasteiger partial charge < -0.3 is 0 Å². The van der Waals surface area contributed by atoms with Gasteiger partial charge in [-0.15, -0.1) is 0 Å². The Kier molecular flexibility index (Phi) is 4.75. The average molecular weight is 282 g/mol. The third-order valence-corrected chi connectivity index (χ3v) is 2.93. The Balaban J connectivity index is 3.15. The largest absolute Gasteiger partial charge is 0.274 e. The molecule has 0 radical (unpaired) electrons. The van der Waals surface area contributed by atoms with E-state index >= 15 is 0 Å². The number of carbonyl (C=O) groups excluding carboxylic acids is 2. The average Bonchev–Trinajstić information content (AvgIpc) is 2.27. The fourth-order valence-corrected chi connectivity index (χ4v) is 1.84. The van der Waals surface area contributed by atoms with Crippen LogP contribution in [-0.2, 0) is 4.79 Å². The van der Waals surface area contributed by atoms with Crippen molar-refractivity contribution in [1.29, 1.82) is 0 Å². The Morgan fingerprint density at radius 1 is 1.11 bits per heavy atom. The molecule has 19 heavy (non-hydrogen) atoms. The highest BCUT2D eigenvalue weighted by atomic mass is 35.5. The van der Waals surface area contributed by atoms with Crippen molar-refractivity contribution in [2.45, 2.75) is 40.2 Å². The summed E-state index contributed by atoms with van der Waals surface area (Å²) in [6, 6.07) is 6.57. The molecule has 0 bridgehead atoms. The van der Waals surface area contributed by atoms with Crippen molar-refractivity contribution in [2.24, 2.45) is 5.92 Å². The Morgan fingerprint density at radius 3 is 1.95 bits per heavy atom. The van der Waals surface area contributed by atoms with Crippen molar-refractivity contribution < 1.29 is 9.59 Å². The van der Waals surface area contributed by atoms with E-state index in [9.17, 15) is 9.59 Å². The molecule has 0 aromatic heterocycles. The highest BCUT2D eigenvalue weighted by Gasteiger charge is 2.34. The zero-order valence-corrected chi connectivity index (χ0v) is 12.8. The molecule has 0 atom stereocenters. The molecule has 0 aliphatic rings. The molecule has 0 N–H and O–H groups in total. The Hall–Kier alpha value is -1.35. The minimum Gasteiger partial charge on any atom is -0.274 e. The number of hydrogen-bond acceptors (Lipinski definition) is 2. The van der Waals surface area contributed by atoms with E-state index in [4.69, 9.17) is 11.6 Å². The van der Waals surface area contributed by atoms with Crippen LogP contribution in [0.25, 0.3) is 0 Å². The third-order valence-electron chi connectivity index (χ3n) is 2.68. The van der Waals surface area contributed by atoms with E-state index in [1.165, 1.54) is 4.90 Å². The summed E-state index contributed by atoms with van der Waals surface area (Å²) in [5.74, 6) is -0.689. The second-order valence-electron chi connectivity index (χ2n) is 5.81. The smallest absolute Gasteiger partial charge is 0.260 e. The quantitative estimate of drug-likeness (QED) is 0.828. The van der Waals surface area contributed by atoms with Gasteiger partial charge in [-0.25, -0.2) is 0 Å². The fourth-order valence-electron chi connectivity index (χ4n) is 1.72. The summed E-state index contributed by atoms with van der Waals surface area (Å²) in [7, 11) is 0. The van der Waals surface area contributed by atoms with Gasteiger partial charge >= 0.3 is 0 Å². The molecule has 0 spiro atoms. The number of nitrogens with zero attached hydrogens (tertiary/aromatic N) is 1. The lowest BCUT2D eigenvalue weighted by Gasteiger charge is -2.35. The van der Waals surface area contributed by atoms with Gasteiger partial charge in [0.25, 0.3) is 5.91 Å². The maximum absolute atomic E-state index is 12.5. The number of halogens is 1. The van der Waals surface area contributed by atoms with Gasteiger partial charge in [0.1, 0.15) is 0 Å². The Labute approximate surface area is 119 Å². The first kappa shape index (κ1) is 15.7. The first-order chi connectivity index (χ1) is 8.64. The van der Waals surface area contributed by atoms with Crippen molar-refractivity contribution in [1.82, 2.24) is 4.90 Å². The van der Waals surface area contributed by atoms with Crippen molar-refractivity contribution in [3.63, 3.8) is 0 Å². The van der Waals surface area contributed by atoms with Gasteiger partial charge in [0.15, 0.2) is 0 Å². The molecular weight excluding hydrogens is 262 g/mol. The van der Waals surface area contributed by atoms with Gasteiger partial charge in [0.2, 0.25) is 5.91 Å². The van der Waals surface area contributed by atoms with Crippen LogP contribution in [0.4, 0.5) is 0 Å². The molecule has 0 saturated carbocycles. The number of carbonyl (C=O) groups is 2. The highest BCUT2D eigenvalue weighted by Crippen LogP contribution is 2.21. The van der Waals surface area contributed by atoms with Crippen molar-refractivity contribution in [3.8, 4) is 0 Å². The lowest BCUT2D eigenvalue weighted by molar-refractivity contribution is -0.135. The van der Waals surface area contributed by atoms with Crippen molar-refractivity contribution >= 4 is 23.4 Å². The molecule has 3 nitrogen and oxygen atoms in total. The van der Waals surface area contributed by atoms with Crippen molar-refractivity contribution in [3.05, 3.63) is 34.9 Å². The molecule has 0 fully saturated rings. The normalized spacial score (nSPS) is 11.5. The minimum absolute atomic E-state index is 0.174. The van der Waals surface area contributed by atoms with E-state index in [1.54, 1.807) is 38.1 Å². The Morgan fingerprint density at radius 2 is 1.58 bits per heavy atom. The van der Waals surface area contributed by atoms with E-state index in [2.05, 4.69) is 0 Å². The van der Waals surface area contributed by atoms with Crippen LogP contribution in [0, 0.1) is 5.92 Å². The maximum Gasteiger partial charge on any atom is 0.260 e. The molecule has 0 aliphatic carbocycles. The summed E-state index contributed by atoms with van der Waals surface area (Å²) < 4.78 is 0. The van der Waals surface area contributed by atoms with Gasteiger partial charge in [-0.2, -0.15) is 0 Å². The van der Waals surface area contributed by atoms with Crippen LogP contribution in [-0.4, -0.2) is 22.3 Å². The molecule has 0 heterocycles. The zero-order valence-electron chi connectivity index (χ0n) is 12.0.